The lowest BCUT2D eigenvalue weighted by Crippen LogP contribution is -2.58. The van der Waals surface area contributed by atoms with Crippen LogP contribution in [0.15, 0.2) is 24.0 Å². The van der Waals surface area contributed by atoms with Gasteiger partial charge in [0.2, 0.25) is 5.91 Å². The van der Waals surface area contributed by atoms with Crippen LogP contribution >= 0.6 is 12.6 Å². The maximum atomic E-state index is 12.4. The third-order valence-electron chi connectivity index (χ3n) is 2.91. The fourth-order valence-corrected chi connectivity index (χ4v) is 1.66. The molecule has 0 aliphatic rings. The minimum Gasteiger partial charge on any atom is -0.341 e. The molecule has 1 N–H and O–H groups in total. The molecule has 116 valence electrons. The van der Waals surface area contributed by atoms with E-state index in [9.17, 15) is 9.59 Å². The number of carbonyl (C=O) groups is 2. The Bertz CT molecular complexity index is 516. The molecule has 0 bridgehead atoms. The lowest BCUT2D eigenvalue weighted by molar-refractivity contribution is -0.132. The Morgan fingerprint density at radius 2 is 1.81 bits per heavy atom. The Labute approximate surface area is 129 Å². The maximum absolute atomic E-state index is 12.4. The minimum atomic E-state index is -0.794. The zero-order valence-electron chi connectivity index (χ0n) is 12.5. The van der Waals surface area contributed by atoms with E-state index in [1.807, 2.05) is 13.8 Å². The zero-order chi connectivity index (χ0) is 16.2. The molecule has 1 atom stereocenters. The molecule has 3 amide bonds. The van der Waals surface area contributed by atoms with Crippen molar-refractivity contribution in [1.29, 1.82) is 0 Å². The predicted octanol–water partition coefficient (Wildman–Crippen LogP) is 0.582. The van der Waals surface area contributed by atoms with Gasteiger partial charge in [-0.3, -0.25) is 4.79 Å². The van der Waals surface area contributed by atoms with Crippen molar-refractivity contribution in [2.75, 3.05) is 12.1 Å². The average Bonchev–Trinajstić information content (AvgIpc) is 2.89. The summed E-state index contributed by atoms with van der Waals surface area (Å²) in [6.45, 7) is 8.86. The van der Waals surface area contributed by atoms with Gasteiger partial charge in [0, 0.05) is 13.1 Å². The number of likely N-dealkylation sites (N-methyl/N-ethyl adjacent to an activating group) is 1. The first-order chi connectivity index (χ1) is 9.75. The van der Waals surface area contributed by atoms with Crippen molar-refractivity contribution in [3.8, 4) is 0 Å². The van der Waals surface area contributed by atoms with E-state index >= 15 is 0 Å². The summed E-state index contributed by atoms with van der Waals surface area (Å²) in [7, 11) is 1.67. The molecule has 21 heavy (non-hydrogen) atoms. The van der Waals surface area contributed by atoms with Crippen LogP contribution < -0.4 is 10.3 Å². The summed E-state index contributed by atoms with van der Waals surface area (Å²) in [6, 6.07) is -1.38. The maximum Gasteiger partial charge on any atom is 0.344 e. The smallest absolute Gasteiger partial charge is 0.341 e. The molecule has 0 spiro atoms. The monoisotopic (exact) mass is 312 g/mol. The Balaban J connectivity index is 3.04. The van der Waals surface area contributed by atoms with E-state index in [1.54, 1.807) is 18.9 Å². The summed E-state index contributed by atoms with van der Waals surface area (Å²) in [6.07, 6.45) is 2.83. The van der Waals surface area contributed by atoms with Crippen molar-refractivity contribution < 1.29 is 9.59 Å². The SMILES string of the molecule is C=C(S)NC(=O)N(C(C)C(=O)N(C)C(C)C)n1nccn1. The Hall–Kier alpha value is -2.03. The number of urea groups is 1. The highest BCUT2D eigenvalue weighted by Gasteiger charge is 2.31. The van der Waals surface area contributed by atoms with E-state index in [0.717, 1.165) is 9.91 Å². The van der Waals surface area contributed by atoms with Gasteiger partial charge < -0.3 is 10.2 Å². The number of carbonyl (C=O) groups excluding carboxylic acids is 2. The third-order valence-corrected chi connectivity index (χ3v) is 3.02. The highest BCUT2D eigenvalue weighted by molar-refractivity contribution is 7.84. The van der Waals surface area contributed by atoms with Crippen LogP contribution in [0.25, 0.3) is 0 Å². The molecule has 0 saturated heterocycles. The summed E-state index contributed by atoms with van der Waals surface area (Å²) in [5, 5.41) is 11.5. The Kier molecular flexibility index (Phi) is 5.77. The highest BCUT2D eigenvalue weighted by atomic mass is 32.1. The van der Waals surface area contributed by atoms with Crippen LogP contribution in [0.1, 0.15) is 20.8 Å². The number of amides is 3. The van der Waals surface area contributed by atoms with Crippen LogP contribution in [0, 0.1) is 0 Å². The molecular formula is C12H20N6O2S. The van der Waals surface area contributed by atoms with E-state index in [4.69, 9.17) is 0 Å². The molecule has 0 aromatic carbocycles. The second-order valence-electron chi connectivity index (χ2n) is 4.74. The Morgan fingerprint density at radius 3 is 2.24 bits per heavy atom. The van der Waals surface area contributed by atoms with Crippen molar-refractivity contribution in [3.05, 3.63) is 24.0 Å². The second kappa shape index (κ2) is 7.11. The molecule has 1 rings (SSSR count). The summed E-state index contributed by atoms with van der Waals surface area (Å²) in [5.74, 6) is -0.234. The fourth-order valence-electron chi connectivity index (χ4n) is 1.57. The molecule has 1 aromatic heterocycles. The normalized spacial score (nSPS) is 11.9. The number of hydrogen-bond donors (Lipinski definition) is 2. The second-order valence-corrected chi connectivity index (χ2v) is 5.28. The molecule has 1 unspecified atom stereocenters. The van der Waals surface area contributed by atoms with Gasteiger partial charge in [-0.1, -0.05) is 11.5 Å². The van der Waals surface area contributed by atoms with Gasteiger partial charge in [0.1, 0.15) is 6.04 Å². The number of hydrogen-bond acceptors (Lipinski definition) is 5. The summed E-state index contributed by atoms with van der Waals surface area (Å²) in [4.78, 5) is 27.2. The fraction of sp³-hybridized carbons (Fsp3) is 0.500. The standard InChI is InChI=1S/C12H20N6O2S/c1-8(2)16(5)11(19)9(3)17(12(20)15-10(4)21)18-13-6-7-14-18/h6-9,21H,4H2,1-3,5H3,(H,15,20). The number of rotatable bonds is 5. The number of nitrogens with zero attached hydrogens (tertiary/aromatic N) is 5. The molecule has 0 aliphatic carbocycles. The van der Waals surface area contributed by atoms with Gasteiger partial charge in [-0.15, -0.1) is 22.8 Å². The van der Waals surface area contributed by atoms with Crippen LogP contribution in [0.4, 0.5) is 4.79 Å². The first-order valence-corrected chi connectivity index (χ1v) is 6.81. The number of aromatic nitrogens is 3. The van der Waals surface area contributed by atoms with Crippen LogP contribution in [0.2, 0.25) is 0 Å². The largest absolute Gasteiger partial charge is 0.344 e. The molecular weight excluding hydrogens is 292 g/mol. The van der Waals surface area contributed by atoms with E-state index in [0.29, 0.717) is 0 Å². The van der Waals surface area contributed by atoms with Gasteiger partial charge in [-0.05, 0) is 20.8 Å². The van der Waals surface area contributed by atoms with Crippen molar-refractivity contribution in [3.63, 3.8) is 0 Å². The van der Waals surface area contributed by atoms with Gasteiger partial charge in [-0.25, -0.2) is 4.79 Å². The summed E-state index contributed by atoms with van der Waals surface area (Å²) < 4.78 is 0. The molecule has 0 fully saturated rings. The van der Waals surface area contributed by atoms with Crippen molar-refractivity contribution in [2.45, 2.75) is 32.9 Å². The van der Waals surface area contributed by atoms with Crippen LogP contribution in [-0.4, -0.2) is 51.1 Å². The summed E-state index contributed by atoms with van der Waals surface area (Å²) >= 11 is 3.92. The van der Waals surface area contributed by atoms with Gasteiger partial charge in [0.15, 0.2) is 0 Å². The number of thiol groups is 1. The molecule has 0 saturated carbocycles. The van der Waals surface area contributed by atoms with Crippen LogP contribution in [0.5, 0.6) is 0 Å². The van der Waals surface area contributed by atoms with Crippen molar-refractivity contribution >= 4 is 24.6 Å². The van der Waals surface area contributed by atoms with Gasteiger partial charge in [0.05, 0.1) is 17.4 Å². The first-order valence-electron chi connectivity index (χ1n) is 6.37. The van der Waals surface area contributed by atoms with Crippen LogP contribution in [0.3, 0.4) is 0 Å². The molecule has 8 nitrogen and oxygen atoms in total. The molecule has 0 aliphatic heterocycles. The van der Waals surface area contributed by atoms with E-state index < -0.39 is 12.1 Å². The van der Waals surface area contributed by atoms with Crippen molar-refractivity contribution in [1.82, 2.24) is 25.3 Å². The van der Waals surface area contributed by atoms with Crippen molar-refractivity contribution in [2.24, 2.45) is 0 Å². The quantitative estimate of drug-likeness (QED) is 0.779. The van der Waals surface area contributed by atoms with E-state index in [-0.39, 0.29) is 17.0 Å². The first kappa shape index (κ1) is 17.0. The lowest BCUT2D eigenvalue weighted by atomic mass is 10.2. The third kappa shape index (κ3) is 4.22. The minimum absolute atomic E-state index is 0.00952. The number of nitrogens with one attached hydrogen (secondary N) is 1. The topological polar surface area (TPSA) is 83.4 Å². The van der Waals surface area contributed by atoms with Gasteiger partial charge in [-0.2, -0.15) is 5.01 Å². The Morgan fingerprint density at radius 1 is 1.29 bits per heavy atom. The van der Waals surface area contributed by atoms with Gasteiger partial charge in [0.25, 0.3) is 0 Å². The average molecular weight is 312 g/mol. The molecule has 0 radical (unpaired) electrons. The van der Waals surface area contributed by atoms with E-state index in [2.05, 4.69) is 34.7 Å². The van der Waals surface area contributed by atoms with Crippen LogP contribution in [-0.2, 0) is 4.79 Å². The molecule has 1 heterocycles. The zero-order valence-corrected chi connectivity index (χ0v) is 13.4. The van der Waals surface area contributed by atoms with Gasteiger partial charge >= 0.3 is 6.03 Å². The molecule has 9 heteroatoms. The molecule has 1 aromatic rings. The predicted molar refractivity (Wildman–Crippen MR) is 82.3 cm³/mol. The highest BCUT2D eigenvalue weighted by Crippen LogP contribution is 2.06. The van der Waals surface area contributed by atoms with E-state index in [1.165, 1.54) is 12.4 Å². The summed E-state index contributed by atoms with van der Waals surface area (Å²) in [5.41, 5.74) is 0. The lowest BCUT2D eigenvalue weighted by Gasteiger charge is -2.31.